The van der Waals surface area contributed by atoms with E-state index in [9.17, 15) is 9.59 Å². The van der Waals surface area contributed by atoms with Crippen LogP contribution in [0.3, 0.4) is 0 Å². The van der Waals surface area contributed by atoms with Gasteiger partial charge in [0.25, 0.3) is 0 Å². The molecule has 0 aliphatic carbocycles. The fourth-order valence-corrected chi connectivity index (χ4v) is 3.21. The van der Waals surface area contributed by atoms with Crippen molar-refractivity contribution < 1.29 is 19.4 Å². The quantitative estimate of drug-likeness (QED) is 0.883. The maximum atomic E-state index is 12.7. The van der Waals surface area contributed by atoms with Crippen molar-refractivity contribution >= 4 is 17.7 Å². The minimum absolute atomic E-state index is 0.0260. The first kappa shape index (κ1) is 15.7. The zero-order chi connectivity index (χ0) is 16.4. The molecule has 23 heavy (non-hydrogen) atoms. The van der Waals surface area contributed by atoms with Crippen molar-refractivity contribution in [2.75, 3.05) is 44.3 Å². The van der Waals surface area contributed by atoms with E-state index in [2.05, 4.69) is 11.9 Å². The summed E-state index contributed by atoms with van der Waals surface area (Å²) in [5, 5.41) is 9.06. The summed E-state index contributed by atoms with van der Waals surface area (Å²) in [7, 11) is 0. The van der Waals surface area contributed by atoms with Crippen LogP contribution in [0.4, 0.5) is 5.82 Å². The molecule has 0 radical (unpaired) electrons. The van der Waals surface area contributed by atoms with Crippen molar-refractivity contribution in [3.8, 4) is 0 Å². The predicted octanol–water partition coefficient (Wildman–Crippen LogP) is 0.711. The standard InChI is InChI=1S/C16H21N3O4/c1-11-9-19(14-4-2-3-13(17-14)16(21)22)10-12(11)15(20)18-5-7-23-8-6-18/h2-4,11-12H,5-10H2,1H3,(H,21,22)/t11-,12-/m1/s1. The van der Waals surface area contributed by atoms with Crippen LogP contribution in [0.1, 0.15) is 17.4 Å². The van der Waals surface area contributed by atoms with Gasteiger partial charge in [0.15, 0.2) is 5.69 Å². The van der Waals surface area contributed by atoms with Crippen LogP contribution in [-0.4, -0.2) is 66.3 Å². The predicted molar refractivity (Wildman–Crippen MR) is 83.5 cm³/mol. The van der Waals surface area contributed by atoms with Crippen LogP contribution in [0.25, 0.3) is 0 Å². The molecular weight excluding hydrogens is 298 g/mol. The number of aromatic nitrogens is 1. The van der Waals surface area contributed by atoms with Crippen molar-refractivity contribution in [3.05, 3.63) is 23.9 Å². The number of carboxylic acid groups (broad SMARTS) is 1. The molecule has 1 N–H and O–H groups in total. The number of aromatic carboxylic acids is 1. The highest BCUT2D eigenvalue weighted by Crippen LogP contribution is 2.28. The summed E-state index contributed by atoms with van der Waals surface area (Å²) in [6.07, 6.45) is 0. The summed E-state index contributed by atoms with van der Waals surface area (Å²) >= 11 is 0. The van der Waals surface area contributed by atoms with Gasteiger partial charge in [-0.1, -0.05) is 13.0 Å². The molecule has 3 rings (SSSR count). The molecular formula is C16H21N3O4. The molecule has 7 nitrogen and oxygen atoms in total. The Bertz CT molecular complexity index is 601. The molecule has 1 aromatic heterocycles. The number of ether oxygens (including phenoxy) is 1. The second kappa shape index (κ2) is 6.54. The number of pyridine rings is 1. The van der Waals surface area contributed by atoms with Crippen LogP contribution in [0, 0.1) is 11.8 Å². The summed E-state index contributed by atoms with van der Waals surface area (Å²) in [6.45, 7) is 5.83. The Labute approximate surface area is 134 Å². The third kappa shape index (κ3) is 3.29. The Morgan fingerprint density at radius 1 is 1.26 bits per heavy atom. The lowest BCUT2D eigenvalue weighted by Gasteiger charge is -2.30. The molecule has 2 saturated heterocycles. The van der Waals surface area contributed by atoms with Gasteiger partial charge in [-0.15, -0.1) is 0 Å². The van der Waals surface area contributed by atoms with E-state index in [1.807, 2.05) is 9.80 Å². The first-order valence-corrected chi connectivity index (χ1v) is 7.88. The summed E-state index contributed by atoms with van der Waals surface area (Å²) < 4.78 is 5.30. The maximum Gasteiger partial charge on any atom is 0.354 e. The Kier molecular flexibility index (Phi) is 4.47. The van der Waals surface area contributed by atoms with Crippen LogP contribution in [0.2, 0.25) is 0 Å². The normalized spacial score (nSPS) is 24.7. The van der Waals surface area contributed by atoms with E-state index in [0.29, 0.717) is 45.2 Å². The van der Waals surface area contributed by atoms with E-state index in [1.165, 1.54) is 6.07 Å². The van der Waals surface area contributed by atoms with Gasteiger partial charge in [0.05, 0.1) is 19.1 Å². The van der Waals surface area contributed by atoms with Crippen LogP contribution in [-0.2, 0) is 9.53 Å². The SMILES string of the molecule is C[C@@H]1CN(c2cccc(C(=O)O)n2)C[C@H]1C(=O)N1CCOCC1. The van der Waals surface area contributed by atoms with Crippen LogP contribution >= 0.6 is 0 Å². The zero-order valence-electron chi connectivity index (χ0n) is 13.1. The number of anilines is 1. The summed E-state index contributed by atoms with van der Waals surface area (Å²) in [5.41, 5.74) is 0.0260. The van der Waals surface area contributed by atoms with E-state index in [4.69, 9.17) is 9.84 Å². The van der Waals surface area contributed by atoms with Gasteiger partial charge in [-0.25, -0.2) is 9.78 Å². The van der Waals surface area contributed by atoms with Crippen molar-refractivity contribution in [1.82, 2.24) is 9.88 Å². The molecule has 1 aromatic rings. The number of morpholine rings is 1. The van der Waals surface area contributed by atoms with Crippen molar-refractivity contribution in [2.24, 2.45) is 11.8 Å². The third-order valence-corrected chi connectivity index (χ3v) is 4.53. The highest BCUT2D eigenvalue weighted by Gasteiger charge is 2.38. The van der Waals surface area contributed by atoms with E-state index in [0.717, 1.165) is 0 Å². The van der Waals surface area contributed by atoms with Gasteiger partial charge in [-0.3, -0.25) is 4.79 Å². The second-order valence-electron chi connectivity index (χ2n) is 6.11. The van der Waals surface area contributed by atoms with Crippen molar-refractivity contribution in [1.29, 1.82) is 0 Å². The maximum absolute atomic E-state index is 12.7. The molecule has 7 heteroatoms. The van der Waals surface area contributed by atoms with Gasteiger partial charge in [-0.2, -0.15) is 0 Å². The topological polar surface area (TPSA) is 83.0 Å². The molecule has 0 aromatic carbocycles. The molecule has 0 unspecified atom stereocenters. The molecule has 1 amide bonds. The third-order valence-electron chi connectivity index (χ3n) is 4.53. The molecule has 3 heterocycles. The number of carbonyl (C=O) groups is 2. The van der Waals surface area contributed by atoms with Gasteiger partial charge in [0.2, 0.25) is 5.91 Å². The number of rotatable bonds is 3. The first-order valence-electron chi connectivity index (χ1n) is 7.88. The summed E-state index contributed by atoms with van der Waals surface area (Å²) in [5.74, 6) is -0.129. The smallest absolute Gasteiger partial charge is 0.354 e. The molecule has 2 atom stereocenters. The molecule has 0 spiro atoms. The molecule has 2 fully saturated rings. The number of hydrogen-bond donors (Lipinski definition) is 1. The number of nitrogens with zero attached hydrogens (tertiary/aromatic N) is 3. The molecule has 2 aliphatic rings. The number of amides is 1. The van der Waals surface area contributed by atoms with Crippen LogP contribution in [0.5, 0.6) is 0 Å². The second-order valence-corrected chi connectivity index (χ2v) is 6.11. The minimum Gasteiger partial charge on any atom is -0.477 e. The van der Waals surface area contributed by atoms with Gasteiger partial charge in [-0.05, 0) is 18.1 Å². The fraction of sp³-hybridized carbons (Fsp3) is 0.562. The summed E-state index contributed by atoms with van der Waals surface area (Å²) in [6, 6.07) is 4.95. The van der Waals surface area contributed by atoms with Crippen molar-refractivity contribution in [3.63, 3.8) is 0 Å². The Morgan fingerprint density at radius 2 is 2.00 bits per heavy atom. The number of carbonyl (C=O) groups excluding carboxylic acids is 1. The Balaban J connectivity index is 1.71. The summed E-state index contributed by atoms with van der Waals surface area (Å²) in [4.78, 5) is 31.8. The highest BCUT2D eigenvalue weighted by atomic mass is 16.5. The largest absolute Gasteiger partial charge is 0.477 e. The first-order chi connectivity index (χ1) is 11.1. The molecule has 124 valence electrons. The van der Waals surface area contributed by atoms with E-state index >= 15 is 0 Å². The highest BCUT2D eigenvalue weighted by molar-refractivity contribution is 5.86. The molecule has 0 bridgehead atoms. The average molecular weight is 319 g/mol. The number of hydrogen-bond acceptors (Lipinski definition) is 5. The Hall–Kier alpha value is -2.15. The van der Waals surface area contributed by atoms with Gasteiger partial charge in [0.1, 0.15) is 5.82 Å². The zero-order valence-corrected chi connectivity index (χ0v) is 13.1. The molecule has 0 saturated carbocycles. The van der Waals surface area contributed by atoms with Crippen LogP contribution in [0.15, 0.2) is 18.2 Å². The molecule has 2 aliphatic heterocycles. The van der Waals surface area contributed by atoms with Gasteiger partial charge in [0, 0.05) is 26.2 Å². The van der Waals surface area contributed by atoms with Crippen LogP contribution < -0.4 is 4.90 Å². The lowest BCUT2D eigenvalue weighted by atomic mass is 9.96. The fourth-order valence-electron chi connectivity index (χ4n) is 3.21. The monoisotopic (exact) mass is 319 g/mol. The lowest BCUT2D eigenvalue weighted by Crippen LogP contribution is -2.45. The Morgan fingerprint density at radius 3 is 2.70 bits per heavy atom. The number of carboxylic acids is 1. The average Bonchev–Trinajstić information content (AvgIpc) is 2.97. The van der Waals surface area contributed by atoms with E-state index < -0.39 is 5.97 Å². The van der Waals surface area contributed by atoms with Crippen molar-refractivity contribution in [2.45, 2.75) is 6.92 Å². The minimum atomic E-state index is -1.04. The van der Waals surface area contributed by atoms with Gasteiger partial charge < -0.3 is 19.6 Å². The van der Waals surface area contributed by atoms with E-state index in [1.54, 1.807) is 12.1 Å². The van der Waals surface area contributed by atoms with Gasteiger partial charge >= 0.3 is 5.97 Å². The van der Waals surface area contributed by atoms with E-state index in [-0.39, 0.29) is 23.4 Å². The lowest BCUT2D eigenvalue weighted by molar-refractivity contribution is -0.140.